The summed E-state index contributed by atoms with van der Waals surface area (Å²) in [4.78, 5) is 15.3. The molecule has 0 amide bonds. The molecular formula is C23H24BrNO5. The number of likely N-dealkylation sites (tertiary alicyclic amines) is 1. The minimum atomic E-state index is -0.186. The molecule has 0 bridgehead atoms. The predicted molar refractivity (Wildman–Crippen MR) is 120 cm³/mol. The third-order valence-electron chi connectivity index (χ3n) is 5.93. The van der Waals surface area contributed by atoms with Crippen molar-refractivity contribution in [3.63, 3.8) is 0 Å². The fourth-order valence-corrected chi connectivity index (χ4v) is 4.86. The molecule has 0 saturated carbocycles. The first-order valence-electron chi connectivity index (χ1n) is 9.78. The van der Waals surface area contributed by atoms with E-state index in [4.69, 9.17) is 13.9 Å². The van der Waals surface area contributed by atoms with E-state index in [2.05, 4.69) is 20.8 Å². The van der Waals surface area contributed by atoms with Gasteiger partial charge in [0.2, 0.25) is 0 Å². The number of halogens is 1. The molecule has 1 aliphatic heterocycles. The van der Waals surface area contributed by atoms with Gasteiger partial charge in [0, 0.05) is 39.7 Å². The summed E-state index contributed by atoms with van der Waals surface area (Å²) in [5.41, 5.74) is 1.84. The van der Waals surface area contributed by atoms with Crippen molar-refractivity contribution in [3.05, 3.63) is 56.7 Å². The number of likely N-dealkylation sites (N-methyl/N-ethyl adjacent to an activating group) is 1. The molecule has 2 atom stereocenters. The van der Waals surface area contributed by atoms with Gasteiger partial charge in [0.25, 0.3) is 0 Å². The van der Waals surface area contributed by atoms with E-state index in [0.717, 1.165) is 28.6 Å². The van der Waals surface area contributed by atoms with Crippen LogP contribution in [0.2, 0.25) is 0 Å². The van der Waals surface area contributed by atoms with Crippen molar-refractivity contribution in [3.8, 4) is 22.8 Å². The maximum atomic E-state index is 13.2. The van der Waals surface area contributed by atoms with E-state index in [-0.39, 0.29) is 24.0 Å². The van der Waals surface area contributed by atoms with Crippen molar-refractivity contribution in [1.82, 2.24) is 4.90 Å². The third kappa shape index (κ3) is 3.41. The average molecular weight is 474 g/mol. The van der Waals surface area contributed by atoms with Crippen molar-refractivity contribution >= 4 is 26.9 Å². The Balaban J connectivity index is 2.07. The van der Waals surface area contributed by atoms with Crippen molar-refractivity contribution in [2.24, 2.45) is 0 Å². The molecule has 2 aromatic carbocycles. The fourth-order valence-electron chi connectivity index (χ4n) is 4.38. The topological polar surface area (TPSA) is 72.1 Å². The van der Waals surface area contributed by atoms with Gasteiger partial charge in [0.05, 0.1) is 20.8 Å². The van der Waals surface area contributed by atoms with Gasteiger partial charge < -0.3 is 23.9 Å². The van der Waals surface area contributed by atoms with Gasteiger partial charge >= 0.3 is 0 Å². The average Bonchev–Trinajstić information content (AvgIpc) is 3.12. The molecule has 0 radical (unpaired) electrons. The number of methoxy groups -OCH3 is 2. The zero-order valence-corrected chi connectivity index (χ0v) is 18.7. The minimum absolute atomic E-state index is 0.00595. The van der Waals surface area contributed by atoms with Gasteiger partial charge in [-0.2, -0.15) is 0 Å². The van der Waals surface area contributed by atoms with Gasteiger partial charge in [0.15, 0.2) is 5.43 Å². The SMILES string of the molecule is COc1cc(OC)c2c(=O)cc(-c3ccccc3Br)oc2c1[C@H]1CCN(C)[C@@H]1CO. The first-order valence-corrected chi connectivity index (χ1v) is 10.6. The smallest absolute Gasteiger partial charge is 0.197 e. The van der Waals surface area contributed by atoms with Crippen LogP contribution >= 0.6 is 15.9 Å². The lowest BCUT2D eigenvalue weighted by atomic mass is 9.89. The lowest BCUT2D eigenvalue weighted by molar-refractivity contribution is 0.171. The van der Waals surface area contributed by atoms with Crippen LogP contribution in [0, 0.1) is 0 Å². The highest BCUT2D eigenvalue weighted by Crippen LogP contribution is 2.45. The molecule has 1 aliphatic rings. The number of benzene rings is 2. The Morgan fingerprint density at radius 1 is 1.20 bits per heavy atom. The van der Waals surface area contributed by atoms with Crippen LogP contribution in [0.5, 0.6) is 11.5 Å². The van der Waals surface area contributed by atoms with E-state index in [1.165, 1.54) is 13.2 Å². The maximum Gasteiger partial charge on any atom is 0.197 e. The molecule has 1 aromatic heterocycles. The third-order valence-corrected chi connectivity index (χ3v) is 6.62. The normalized spacial score (nSPS) is 19.4. The Labute approximate surface area is 183 Å². The van der Waals surface area contributed by atoms with Crippen LogP contribution in [0.15, 0.2) is 50.1 Å². The highest BCUT2D eigenvalue weighted by atomic mass is 79.9. The molecule has 30 heavy (non-hydrogen) atoms. The van der Waals surface area contributed by atoms with Crippen molar-refractivity contribution in [2.75, 3.05) is 34.4 Å². The molecule has 0 spiro atoms. The largest absolute Gasteiger partial charge is 0.496 e. The Morgan fingerprint density at radius 2 is 1.93 bits per heavy atom. The van der Waals surface area contributed by atoms with Crippen LogP contribution in [-0.4, -0.2) is 50.5 Å². The summed E-state index contributed by atoms with van der Waals surface area (Å²) in [6.07, 6.45) is 0.822. The van der Waals surface area contributed by atoms with Gasteiger partial charge in [-0.05, 0) is 26.1 Å². The van der Waals surface area contributed by atoms with Gasteiger partial charge in [-0.3, -0.25) is 4.79 Å². The lowest BCUT2D eigenvalue weighted by Crippen LogP contribution is -2.32. The molecule has 2 heterocycles. The predicted octanol–water partition coefficient (Wildman–Crippen LogP) is 4.02. The second-order valence-electron chi connectivity index (χ2n) is 7.48. The van der Waals surface area contributed by atoms with Crippen LogP contribution in [0.3, 0.4) is 0 Å². The highest BCUT2D eigenvalue weighted by Gasteiger charge is 2.37. The molecule has 3 aromatic rings. The first-order chi connectivity index (χ1) is 14.5. The summed E-state index contributed by atoms with van der Waals surface area (Å²) in [5.74, 6) is 1.42. The van der Waals surface area contributed by atoms with Crippen molar-refractivity contribution in [1.29, 1.82) is 0 Å². The molecule has 4 rings (SSSR count). The summed E-state index contributed by atoms with van der Waals surface area (Å²) in [6, 6.07) is 10.7. The summed E-state index contributed by atoms with van der Waals surface area (Å²) in [5, 5.41) is 10.4. The summed E-state index contributed by atoms with van der Waals surface area (Å²) in [6.45, 7) is 0.840. The number of hydrogen-bond donors (Lipinski definition) is 1. The Morgan fingerprint density at radius 3 is 2.60 bits per heavy atom. The second kappa shape index (κ2) is 8.41. The van der Waals surface area contributed by atoms with Crippen LogP contribution < -0.4 is 14.9 Å². The molecule has 1 saturated heterocycles. The fraction of sp³-hybridized carbons (Fsp3) is 0.348. The van der Waals surface area contributed by atoms with E-state index in [1.807, 2.05) is 31.3 Å². The summed E-state index contributed by atoms with van der Waals surface area (Å²) < 4.78 is 18.4. The summed E-state index contributed by atoms with van der Waals surface area (Å²) in [7, 11) is 5.10. The number of fused-ring (bicyclic) bond motifs is 1. The van der Waals surface area contributed by atoms with Gasteiger partial charge in [-0.25, -0.2) is 0 Å². The molecular weight excluding hydrogens is 450 g/mol. The quantitative estimate of drug-likeness (QED) is 0.603. The van der Waals surface area contributed by atoms with Crippen molar-refractivity contribution < 1.29 is 19.0 Å². The van der Waals surface area contributed by atoms with Crippen molar-refractivity contribution in [2.45, 2.75) is 18.4 Å². The van der Waals surface area contributed by atoms with E-state index >= 15 is 0 Å². The second-order valence-corrected chi connectivity index (χ2v) is 8.33. The molecule has 0 unspecified atom stereocenters. The zero-order chi connectivity index (χ0) is 21.4. The molecule has 1 N–H and O–H groups in total. The van der Waals surface area contributed by atoms with Gasteiger partial charge in [0.1, 0.15) is 28.2 Å². The van der Waals surface area contributed by atoms with Crippen LogP contribution in [0.1, 0.15) is 17.9 Å². The van der Waals surface area contributed by atoms with Gasteiger partial charge in [-0.1, -0.05) is 34.1 Å². The number of nitrogens with zero attached hydrogens (tertiary/aromatic N) is 1. The molecule has 1 fully saturated rings. The lowest BCUT2D eigenvalue weighted by Gasteiger charge is -2.25. The monoisotopic (exact) mass is 473 g/mol. The Bertz CT molecular complexity index is 1140. The Kier molecular flexibility index (Phi) is 5.86. The Hall–Kier alpha value is -2.35. The number of aliphatic hydroxyl groups excluding tert-OH is 1. The first kappa shape index (κ1) is 20.9. The zero-order valence-electron chi connectivity index (χ0n) is 17.1. The van der Waals surface area contributed by atoms with E-state index in [0.29, 0.717) is 28.2 Å². The van der Waals surface area contributed by atoms with E-state index in [9.17, 15) is 9.90 Å². The van der Waals surface area contributed by atoms with E-state index in [1.54, 1.807) is 13.2 Å². The number of hydrogen-bond acceptors (Lipinski definition) is 6. The van der Waals surface area contributed by atoms with E-state index < -0.39 is 0 Å². The minimum Gasteiger partial charge on any atom is -0.496 e. The van der Waals surface area contributed by atoms with Crippen LogP contribution in [0.4, 0.5) is 0 Å². The van der Waals surface area contributed by atoms with Crippen LogP contribution in [-0.2, 0) is 0 Å². The molecule has 6 nitrogen and oxygen atoms in total. The number of aliphatic hydroxyl groups is 1. The standard InChI is InChI=1S/C23H24BrNO5/c1-25-9-8-14(16(25)12-26)21-19(28-2)11-20(29-3)22-17(27)10-18(30-23(21)22)13-6-4-5-7-15(13)24/h4-7,10-11,14,16,26H,8-9,12H2,1-3H3/t14-,16+/m0/s1. The number of rotatable bonds is 5. The van der Waals surface area contributed by atoms with Crippen LogP contribution in [0.25, 0.3) is 22.3 Å². The number of ether oxygens (including phenoxy) is 2. The summed E-state index contributed by atoms with van der Waals surface area (Å²) >= 11 is 3.54. The molecule has 158 valence electrons. The molecule has 0 aliphatic carbocycles. The van der Waals surface area contributed by atoms with Gasteiger partial charge in [-0.15, -0.1) is 0 Å². The highest BCUT2D eigenvalue weighted by molar-refractivity contribution is 9.10. The maximum absolute atomic E-state index is 13.2. The molecule has 7 heteroatoms.